The van der Waals surface area contributed by atoms with Crippen molar-refractivity contribution in [3.8, 4) is 17.2 Å². The zero-order valence-electron chi connectivity index (χ0n) is 12.6. The van der Waals surface area contributed by atoms with E-state index in [0.717, 1.165) is 12.1 Å². The van der Waals surface area contributed by atoms with E-state index in [9.17, 15) is 14.7 Å². The first-order chi connectivity index (χ1) is 11.5. The number of rotatable bonds is 4. The van der Waals surface area contributed by atoms with Gasteiger partial charge in [0.15, 0.2) is 11.6 Å². The van der Waals surface area contributed by atoms with E-state index in [1.807, 2.05) is 0 Å². The first kappa shape index (κ1) is 15.3. The molecule has 0 fully saturated rings. The number of aromatic carboxylic acids is 1. The second-order valence-corrected chi connectivity index (χ2v) is 5.01. The molecule has 0 atom stereocenters. The second kappa shape index (κ2) is 5.92. The van der Waals surface area contributed by atoms with E-state index in [4.69, 9.17) is 9.52 Å². The monoisotopic (exact) mass is 327 g/mol. The molecule has 8 heteroatoms. The van der Waals surface area contributed by atoms with Gasteiger partial charge in [0.25, 0.3) is 5.91 Å². The smallest absolute Gasteiger partial charge is 0.339 e. The maximum atomic E-state index is 12.2. The molecule has 0 saturated heterocycles. The Bertz CT molecular complexity index is 912. The number of benzene rings is 1. The van der Waals surface area contributed by atoms with Crippen LogP contribution >= 0.6 is 0 Å². The molecule has 0 saturated carbocycles. The summed E-state index contributed by atoms with van der Waals surface area (Å²) in [6.45, 7) is 0. The number of carboxylic acid groups (broad SMARTS) is 1. The number of hydrogen-bond acceptors (Lipinski definition) is 5. The van der Waals surface area contributed by atoms with Crippen LogP contribution in [0.15, 0.2) is 47.1 Å². The highest BCUT2D eigenvalue weighted by Crippen LogP contribution is 2.23. The molecule has 2 heterocycles. The lowest BCUT2D eigenvalue weighted by molar-refractivity contribution is 0.0693. The van der Waals surface area contributed by atoms with Crippen LogP contribution in [0, 0.1) is 0 Å². The molecule has 3 N–H and O–H groups in total. The van der Waals surface area contributed by atoms with Crippen molar-refractivity contribution in [1.82, 2.24) is 9.78 Å². The fraction of sp³-hybridized carbons (Fsp3) is 0.0625. The topological polar surface area (TPSA) is 118 Å². The van der Waals surface area contributed by atoms with E-state index in [1.54, 1.807) is 29.9 Å². The lowest BCUT2D eigenvalue weighted by Crippen LogP contribution is -2.13. The molecule has 3 rings (SSSR count). The van der Waals surface area contributed by atoms with Gasteiger partial charge in [0.2, 0.25) is 0 Å². The number of amides is 1. The summed E-state index contributed by atoms with van der Waals surface area (Å²) < 4.78 is 6.84. The second-order valence-electron chi connectivity index (χ2n) is 5.01. The predicted molar refractivity (Wildman–Crippen MR) is 83.9 cm³/mol. The van der Waals surface area contributed by atoms with Crippen molar-refractivity contribution < 1.29 is 24.2 Å². The van der Waals surface area contributed by atoms with Gasteiger partial charge in [-0.15, -0.1) is 0 Å². The molecule has 0 spiro atoms. The van der Waals surface area contributed by atoms with Gasteiger partial charge in [0.1, 0.15) is 17.0 Å². The minimum atomic E-state index is -1.32. The van der Waals surface area contributed by atoms with Crippen molar-refractivity contribution in [3.63, 3.8) is 0 Å². The molecular formula is C16H13N3O5. The third-order valence-corrected chi connectivity index (χ3v) is 3.38. The fourth-order valence-electron chi connectivity index (χ4n) is 2.22. The van der Waals surface area contributed by atoms with E-state index in [2.05, 4.69) is 10.4 Å². The number of carbonyl (C=O) groups excluding carboxylic acids is 1. The third-order valence-electron chi connectivity index (χ3n) is 3.38. The van der Waals surface area contributed by atoms with Crippen molar-refractivity contribution in [1.29, 1.82) is 0 Å². The van der Waals surface area contributed by atoms with Gasteiger partial charge in [-0.2, -0.15) is 5.10 Å². The fourth-order valence-corrected chi connectivity index (χ4v) is 2.22. The van der Waals surface area contributed by atoms with Crippen LogP contribution in [0.3, 0.4) is 0 Å². The number of nitrogens with zero attached hydrogens (tertiary/aromatic N) is 2. The number of anilines is 1. The normalized spacial score (nSPS) is 10.5. The first-order valence-corrected chi connectivity index (χ1v) is 6.91. The van der Waals surface area contributed by atoms with E-state index in [-0.39, 0.29) is 11.1 Å². The van der Waals surface area contributed by atoms with Gasteiger partial charge in [-0.05, 0) is 30.3 Å². The van der Waals surface area contributed by atoms with Gasteiger partial charge in [0, 0.05) is 18.7 Å². The molecule has 0 aliphatic rings. The molecule has 0 radical (unpaired) electrons. The summed E-state index contributed by atoms with van der Waals surface area (Å²) in [6.07, 6.45) is 1.53. The number of hydrogen-bond donors (Lipinski definition) is 3. The van der Waals surface area contributed by atoms with Gasteiger partial charge in [-0.3, -0.25) is 9.48 Å². The number of nitrogens with one attached hydrogen (secondary N) is 1. The highest BCUT2D eigenvalue weighted by atomic mass is 16.4. The summed E-state index contributed by atoms with van der Waals surface area (Å²) in [5, 5.41) is 25.2. The van der Waals surface area contributed by atoms with Crippen molar-refractivity contribution in [3.05, 3.63) is 53.8 Å². The average molecular weight is 327 g/mol. The SMILES string of the molecule is Cn1nc(NC(=O)c2ccc(O)c(C(=O)O)c2)cc1-c1ccco1. The van der Waals surface area contributed by atoms with Crippen LogP contribution in [-0.2, 0) is 7.05 Å². The Balaban J connectivity index is 1.84. The molecule has 122 valence electrons. The summed E-state index contributed by atoms with van der Waals surface area (Å²) in [5.74, 6) is -1.37. The number of aromatic nitrogens is 2. The van der Waals surface area contributed by atoms with Gasteiger partial charge < -0.3 is 19.9 Å². The van der Waals surface area contributed by atoms with Crippen molar-refractivity contribution in [2.24, 2.45) is 7.05 Å². The zero-order chi connectivity index (χ0) is 17.3. The molecule has 24 heavy (non-hydrogen) atoms. The molecule has 2 aromatic heterocycles. The molecule has 0 unspecified atom stereocenters. The summed E-state index contributed by atoms with van der Waals surface area (Å²) in [4.78, 5) is 23.3. The Morgan fingerprint density at radius 1 is 1.25 bits per heavy atom. The number of aryl methyl sites for hydroxylation is 1. The molecule has 0 aliphatic carbocycles. The van der Waals surface area contributed by atoms with Gasteiger partial charge in [-0.25, -0.2) is 4.79 Å². The van der Waals surface area contributed by atoms with Crippen LogP contribution in [0.1, 0.15) is 20.7 Å². The largest absolute Gasteiger partial charge is 0.507 e. The standard InChI is InChI=1S/C16H13N3O5/c1-19-11(13-3-2-6-24-13)8-14(18-19)17-15(21)9-4-5-12(20)10(7-9)16(22)23/h2-8,20H,1H3,(H,22,23)(H,17,18,21). The Kier molecular flexibility index (Phi) is 3.78. The minimum Gasteiger partial charge on any atom is -0.507 e. The van der Waals surface area contributed by atoms with Crippen molar-refractivity contribution >= 4 is 17.7 Å². The van der Waals surface area contributed by atoms with Crippen LogP contribution in [0.4, 0.5) is 5.82 Å². The van der Waals surface area contributed by atoms with Gasteiger partial charge >= 0.3 is 5.97 Å². The van der Waals surface area contributed by atoms with E-state index in [1.165, 1.54) is 12.3 Å². The number of phenols is 1. The van der Waals surface area contributed by atoms with Crippen LogP contribution in [0.5, 0.6) is 5.75 Å². The molecular weight excluding hydrogens is 314 g/mol. The van der Waals surface area contributed by atoms with Gasteiger partial charge in [0.05, 0.1) is 6.26 Å². The molecule has 1 amide bonds. The van der Waals surface area contributed by atoms with E-state index < -0.39 is 17.6 Å². The van der Waals surface area contributed by atoms with Crippen LogP contribution in [0.2, 0.25) is 0 Å². The number of furan rings is 1. The lowest BCUT2D eigenvalue weighted by atomic mass is 10.1. The maximum Gasteiger partial charge on any atom is 0.339 e. The molecule has 1 aromatic carbocycles. The highest BCUT2D eigenvalue weighted by Gasteiger charge is 2.16. The number of carbonyl (C=O) groups is 2. The quantitative estimate of drug-likeness (QED) is 0.677. The van der Waals surface area contributed by atoms with E-state index >= 15 is 0 Å². The van der Waals surface area contributed by atoms with Crippen LogP contribution in [0.25, 0.3) is 11.5 Å². The summed E-state index contributed by atoms with van der Waals surface area (Å²) >= 11 is 0. The van der Waals surface area contributed by atoms with Gasteiger partial charge in [-0.1, -0.05) is 0 Å². The molecule has 8 nitrogen and oxygen atoms in total. The summed E-state index contributed by atoms with van der Waals surface area (Å²) in [5.41, 5.74) is 0.419. The van der Waals surface area contributed by atoms with E-state index in [0.29, 0.717) is 17.3 Å². The van der Waals surface area contributed by atoms with Crippen LogP contribution < -0.4 is 5.32 Å². The Hall–Kier alpha value is -3.55. The molecule has 0 aliphatic heterocycles. The van der Waals surface area contributed by atoms with Crippen molar-refractivity contribution in [2.75, 3.05) is 5.32 Å². The Morgan fingerprint density at radius 2 is 2.04 bits per heavy atom. The first-order valence-electron chi connectivity index (χ1n) is 6.91. The van der Waals surface area contributed by atoms with Crippen LogP contribution in [-0.4, -0.2) is 31.9 Å². The Morgan fingerprint density at radius 3 is 2.71 bits per heavy atom. The summed E-state index contributed by atoms with van der Waals surface area (Å²) in [6, 6.07) is 8.73. The number of aromatic hydroxyl groups is 1. The molecule has 3 aromatic rings. The number of carboxylic acids is 1. The highest BCUT2D eigenvalue weighted by molar-refractivity contribution is 6.05. The minimum absolute atomic E-state index is 0.0930. The van der Waals surface area contributed by atoms with Crippen molar-refractivity contribution in [2.45, 2.75) is 0 Å². The molecule has 0 bridgehead atoms. The lowest BCUT2D eigenvalue weighted by Gasteiger charge is -2.04. The zero-order valence-corrected chi connectivity index (χ0v) is 12.6. The Labute approximate surface area is 136 Å². The predicted octanol–water partition coefficient (Wildman–Crippen LogP) is 2.34. The summed E-state index contributed by atoms with van der Waals surface area (Å²) in [7, 11) is 1.70. The third kappa shape index (κ3) is 2.84. The maximum absolute atomic E-state index is 12.2. The average Bonchev–Trinajstić information content (AvgIpc) is 3.16.